The summed E-state index contributed by atoms with van der Waals surface area (Å²) in [6.07, 6.45) is 9.80. The van der Waals surface area contributed by atoms with Gasteiger partial charge in [0, 0.05) is 34.7 Å². The number of ether oxygens (including phenoxy) is 1. The van der Waals surface area contributed by atoms with Crippen LogP contribution < -0.4 is 0 Å². The molecule has 6 heteroatoms. The van der Waals surface area contributed by atoms with E-state index in [0.717, 1.165) is 25.7 Å². The topological polar surface area (TPSA) is 93.6 Å². The molecule has 0 radical (unpaired) electrons. The van der Waals surface area contributed by atoms with Crippen molar-refractivity contribution in [3.8, 4) is 0 Å². The highest BCUT2D eigenvalue weighted by Gasteiger charge is 2.30. The van der Waals surface area contributed by atoms with Gasteiger partial charge in [0.2, 0.25) is 5.78 Å². The molecule has 0 amide bonds. The summed E-state index contributed by atoms with van der Waals surface area (Å²) in [4.78, 5) is 40.7. The molecule has 0 unspecified atom stereocenters. The van der Waals surface area contributed by atoms with Crippen LogP contribution in [0.5, 0.6) is 0 Å². The van der Waals surface area contributed by atoms with Gasteiger partial charge in [-0.3, -0.25) is 14.6 Å². The number of carbonyl (C=O) groups excluding carboxylic acids is 2. The van der Waals surface area contributed by atoms with E-state index in [1.807, 2.05) is 18.3 Å². The van der Waals surface area contributed by atoms with Gasteiger partial charge in [0.15, 0.2) is 11.5 Å². The van der Waals surface area contributed by atoms with E-state index >= 15 is 0 Å². The highest BCUT2D eigenvalue weighted by molar-refractivity contribution is 6.25. The third-order valence-electron chi connectivity index (χ3n) is 5.06. The van der Waals surface area contributed by atoms with Crippen LogP contribution in [-0.4, -0.2) is 34.7 Å². The number of rotatable bonds is 10. The Labute approximate surface area is 171 Å². The van der Waals surface area contributed by atoms with Crippen LogP contribution in [0.3, 0.4) is 0 Å². The molecule has 0 aromatic carbocycles. The number of hydrogen-bond donors (Lipinski definition) is 1. The molecule has 1 aromatic heterocycles. The number of Topliss-reactive ketones (excluding diaryl/α,β-unsaturated/α-hetero) is 2. The third kappa shape index (κ3) is 5.73. The standard InChI is InChI=1S/C23H27NO5/c1-15-19(21(26)22(29-3)16(2)20(15)25)13-18(23(27)28)11-7-5-4-6-9-17-10-8-12-24-14-17/h8,10,12-14H,4-7,9,11H2,1-3H3,(H,27,28)/b18-13+. The molecule has 0 spiro atoms. The number of carboxylic acid groups (broad SMARTS) is 1. The zero-order chi connectivity index (χ0) is 21.4. The molecule has 0 saturated carbocycles. The van der Waals surface area contributed by atoms with E-state index in [1.165, 1.54) is 25.7 Å². The average molecular weight is 397 g/mol. The number of hydrogen-bond acceptors (Lipinski definition) is 5. The molecule has 0 fully saturated rings. The van der Waals surface area contributed by atoms with Gasteiger partial charge < -0.3 is 9.84 Å². The van der Waals surface area contributed by atoms with Crippen molar-refractivity contribution in [3.63, 3.8) is 0 Å². The van der Waals surface area contributed by atoms with E-state index in [1.54, 1.807) is 13.1 Å². The monoisotopic (exact) mass is 397 g/mol. The molecular formula is C23H27NO5. The van der Waals surface area contributed by atoms with Crippen LogP contribution in [0.25, 0.3) is 0 Å². The number of unbranched alkanes of at least 4 members (excludes halogenated alkanes) is 3. The molecule has 0 bridgehead atoms. The lowest BCUT2D eigenvalue weighted by Crippen LogP contribution is -2.22. The summed E-state index contributed by atoms with van der Waals surface area (Å²) in [5.41, 5.74) is 1.93. The fourth-order valence-corrected chi connectivity index (χ4v) is 3.35. The molecule has 1 heterocycles. The maximum atomic E-state index is 12.6. The summed E-state index contributed by atoms with van der Waals surface area (Å²) < 4.78 is 5.06. The van der Waals surface area contributed by atoms with Crippen LogP contribution in [-0.2, 0) is 25.5 Å². The first-order valence-electron chi connectivity index (χ1n) is 9.74. The van der Waals surface area contributed by atoms with Crippen molar-refractivity contribution < 1.29 is 24.2 Å². The van der Waals surface area contributed by atoms with Crippen LogP contribution in [0.1, 0.15) is 51.5 Å². The molecule has 2 rings (SSSR count). The number of aryl methyl sites for hydroxylation is 1. The minimum absolute atomic E-state index is 0.0213. The fraction of sp³-hybridized carbons (Fsp3) is 0.391. The van der Waals surface area contributed by atoms with Crippen molar-refractivity contribution in [3.05, 3.63) is 64.2 Å². The highest BCUT2D eigenvalue weighted by atomic mass is 16.5. The Balaban J connectivity index is 1.96. The van der Waals surface area contributed by atoms with Gasteiger partial charge >= 0.3 is 5.97 Å². The molecule has 6 nitrogen and oxygen atoms in total. The van der Waals surface area contributed by atoms with Gasteiger partial charge in [0.05, 0.1) is 7.11 Å². The van der Waals surface area contributed by atoms with Gasteiger partial charge in [0.25, 0.3) is 0 Å². The van der Waals surface area contributed by atoms with Gasteiger partial charge in [-0.15, -0.1) is 0 Å². The number of methoxy groups -OCH3 is 1. The predicted octanol–water partition coefficient (Wildman–Crippen LogP) is 3.97. The SMILES string of the molecule is COC1=C(C)C(=O)C(C)=C(/C=C(\CCCCCCc2cccnc2)C(=O)O)C1=O. The van der Waals surface area contributed by atoms with Gasteiger partial charge in [0.1, 0.15) is 0 Å². The van der Waals surface area contributed by atoms with Crippen LogP contribution in [0, 0.1) is 0 Å². The fourth-order valence-electron chi connectivity index (χ4n) is 3.35. The van der Waals surface area contributed by atoms with E-state index in [-0.39, 0.29) is 33.8 Å². The Bertz CT molecular complexity index is 878. The number of aromatic nitrogens is 1. The summed E-state index contributed by atoms with van der Waals surface area (Å²) in [6.45, 7) is 3.08. The minimum Gasteiger partial charge on any atom is -0.492 e. The van der Waals surface area contributed by atoms with Crippen LogP contribution >= 0.6 is 0 Å². The second-order valence-corrected chi connectivity index (χ2v) is 7.11. The molecule has 1 aromatic rings. The smallest absolute Gasteiger partial charge is 0.331 e. The zero-order valence-electron chi connectivity index (χ0n) is 17.2. The van der Waals surface area contributed by atoms with Crippen molar-refractivity contribution in [2.24, 2.45) is 0 Å². The first-order valence-corrected chi connectivity index (χ1v) is 9.74. The second-order valence-electron chi connectivity index (χ2n) is 7.11. The first-order chi connectivity index (χ1) is 13.9. The molecule has 1 aliphatic carbocycles. The number of ketones is 2. The number of pyridine rings is 1. The molecule has 1 aliphatic rings. The summed E-state index contributed by atoms with van der Waals surface area (Å²) >= 11 is 0. The van der Waals surface area contributed by atoms with Crippen LogP contribution in [0.2, 0.25) is 0 Å². The molecule has 0 saturated heterocycles. The highest BCUT2D eigenvalue weighted by Crippen LogP contribution is 2.27. The number of nitrogens with zero attached hydrogens (tertiary/aromatic N) is 1. The van der Waals surface area contributed by atoms with Crippen LogP contribution in [0.15, 0.2) is 58.7 Å². The molecule has 154 valence electrons. The Morgan fingerprint density at radius 1 is 1.10 bits per heavy atom. The van der Waals surface area contributed by atoms with E-state index < -0.39 is 11.8 Å². The predicted molar refractivity (Wildman–Crippen MR) is 109 cm³/mol. The van der Waals surface area contributed by atoms with Crippen LogP contribution in [0.4, 0.5) is 0 Å². The average Bonchev–Trinajstić information content (AvgIpc) is 2.71. The normalized spacial score (nSPS) is 15.2. The van der Waals surface area contributed by atoms with Gasteiger partial charge in [-0.25, -0.2) is 4.79 Å². The summed E-state index contributed by atoms with van der Waals surface area (Å²) in [5, 5.41) is 9.53. The van der Waals surface area contributed by atoms with Crippen molar-refractivity contribution in [2.75, 3.05) is 7.11 Å². The maximum absolute atomic E-state index is 12.6. The van der Waals surface area contributed by atoms with Crippen molar-refractivity contribution in [1.29, 1.82) is 0 Å². The Kier molecular flexibility index (Phi) is 8.07. The van der Waals surface area contributed by atoms with Gasteiger partial charge in [-0.05, 0) is 57.2 Å². The molecular weight excluding hydrogens is 370 g/mol. The van der Waals surface area contributed by atoms with E-state index in [2.05, 4.69) is 4.98 Å². The number of carbonyl (C=O) groups is 3. The van der Waals surface area contributed by atoms with E-state index in [0.29, 0.717) is 12.8 Å². The van der Waals surface area contributed by atoms with E-state index in [4.69, 9.17) is 4.74 Å². The zero-order valence-corrected chi connectivity index (χ0v) is 17.2. The third-order valence-corrected chi connectivity index (χ3v) is 5.06. The Morgan fingerprint density at radius 2 is 1.83 bits per heavy atom. The molecule has 29 heavy (non-hydrogen) atoms. The number of aliphatic carboxylic acids is 1. The Morgan fingerprint density at radius 3 is 2.45 bits per heavy atom. The number of allylic oxidation sites excluding steroid dienone is 4. The second kappa shape index (κ2) is 10.5. The maximum Gasteiger partial charge on any atom is 0.331 e. The summed E-state index contributed by atoms with van der Waals surface area (Å²) in [5.74, 6) is -1.84. The van der Waals surface area contributed by atoms with Crippen molar-refractivity contribution in [2.45, 2.75) is 52.4 Å². The largest absolute Gasteiger partial charge is 0.492 e. The minimum atomic E-state index is -1.08. The quantitative estimate of drug-likeness (QED) is 0.365. The van der Waals surface area contributed by atoms with Gasteiger partial charge in [-0.1, -0.05) is 18.9 Å². The van der Waals surface area contributed by atoms with Crippen molar-refractivity contribution >= 4 is 17.5 Å². The first kappa shape index (κ1) is 22.3. The van der Waals surface area contributed by atoms with Crippen molar-refractivity contribution in [1.82, 2.24) is 4.98 Å². The molecule has 0 atom stereocenters. The number of carboxylic acids is 1. The molecule has 0 aliphatic heterocycles. The van der Waals surface area contributed by atoms with E-state index in [9.17, 15) is 19.5 Å². The summed E-state index contributed by atoms with van der Waals surface area (Å²) in [7, 11) is 1.33. The lowest BCUT2D eigenvalue weighted by Gasteiger charge is -2.18. The lowest BCUT2D eigenvalue weighted by atomic mass is 9.88. The summed E-state index contributed by atoms with van der Waals surface area (Å²) in [6, 6.07) is 3.96. The Hall–Kier alpha value is -3.02. The molecule has 1 N–H and O–H groups in total. The lowest BCUT2D eigenvalue weighted by molar-refractivity contribution is -0.132. The van der Waals surface area contributed by atoms with Gasteiger partial charge in [-0.2, -0.15) is 0 Å².